The number of amides is 1. The largest absolute Gasteiger partial charge is 0.311 e. The third-order valence-corrected chi connectivity index (χ3v) is 4.93. The van der Waals surface area contributed by atoms with Gasteiger partial charge in [0, 0.05) is 23.3 Å². The highest BCUT2D eigenvalue weighted by molar-refractivity contribution is 6.31. The minimum absolute atomic E-state index is 0.0884. The van der Waals surface area contributed by atoms with E-state index in [9.17, 15) is 4.79 Å². The smallest absolute Gasteiger partial charge is 0.241 e. The van der Waals surface area contributed by atoms with Crippen molar-refractivity contribution < 1.29 is 4.79 Å². The lowest BCUT2D eigenvalue weighted by Gasteiger charge is -2.27. The normalized spacial score (nSPS) is 14.9. The van der Waals surface area contributed by atoms with Crippen LogP contribution in [0.5, 0.6) is 0 Å². The Morgan fingerprint density at radius 2 is 1.91 bits per heavy atom. The number of benzene rings is 2. The van der Waals surface area contributed by atoms with Crippen LogP contribution in [-0.2, 0) is 11.2 Å². The average Bonchev–Trinajstić information content (AvgIpc) is 2.98. The number of para-hydroxylation sites is 1. The molecule has 0 saturated carbocycles. The minimum atomic E-state index is 0.0884. The highest BCUT2D eigenvalue weighted by Crippen LogP contribution is 2.29. The van der Waals surface area contributed by atoms with Gasteiger partial charge in [0.05, 0.1) is 6.54 Å². The van der Waals surface area contributed by atoms with Crippen LogP contribution in [-0.4, -0.2) is 30.9 Å². The van der Waals surface area contributed by atoms with Crippen molar-refractivity contribution in [3.8, 4) is 0 Å². The summed E-state index contributed by atoms with van der Waals surface area (Å²) in [6.45, 7) is 3.22. The number of anilines is 1. The molecule has 4 heteroatoms. The molecule has 1 aliphatic rings. The van der Waals surface area contributed by atoms with Crippen molar-refractivity contribution in [3.05, 3.63) is 64.7 Å². The van der Waals surface area contributed by atoms with E-state index in [1.807, 2.05) is 59.3 Å². The third kappa shape index (κ3) is 3.26. The molecular formula is C19H21ClN2O. The Morgan fingerprint density at radius 1 is 1.22 bits per heavy atom. The second kappa shape index (κ2) is 6.73. The molecule has 1 amide bonds. The lowest BCUT2D eigenvalue weighted by molar-refractivity contribution is -0.119. The number of rotatable bonds is 4. The second-order valence-electron chi connectivity index (χ2n) is 6.04. The Kier molecular flexibility index (Phi) is 4.69. The zero-order valence-corrected chi connectivity index (χ0v) is 14.3. The first-order valence-corrected chi connectivity index (χ1v) is 8.28. The fourth-order valence-electron chi connectivity index (χ4n) is 3.08. The average molecular weight is 329 g/mol. The highest BCUT2D eigenvalue weighted by Gasteiger charge is 2.26. The molecule has 0 radical (unpaired) electrons. The lowest BCUT2D eigenvalue weighted by Crippen LogP contribution is -2.39. The fraction of sp³-hybridized carbons (Fsp3) is 0.316. The third-order valence-electron chi connectivity index (χ3n) is 4.59. The van der Waals surface area contributed by atoms with Gasteiger partial charge in [-0.15, -0.1) is 0 Å². The molecule has 0 bridgehead atoms. The van der Waals surface area contributed by atoms with Crippen molar-refractivity contribution in [2.45, 2.75) is 19.4 Å². The van der Waals surface area contributed by atoms with Crippen LogP contribution in [0, 0.1) is 0 Å². The minimum Gasteiger partial charge on any atom is -0.311 e. The quantitative estimate of drug-likeness (QED) is 0.849. The zero-order valence-electron chi connectivity index (χ0n) is 13.5. The van der Waals surface area contributed by atoms with E-state index in [1.54, 1.807) is 0 Å². The molecule has 2 aromatic carbocycles. The molecule has 2 aromatic rings. The van der Waals surface area contributed by atoms with Crippen molar-refractivity contribution in [3.63, 3.8) is 0 Å². The summed E-state index contributed by atoms with van der Waals surface area (Å²) in [4.78, 5) is 16.6. The molecule has 0 aromatic heterocycles. The standard InChI is InChI=1S/C19H21ClN2O/c1-14(16-8-4-5-9-17(16)20)21(2)13-19(23)22-12-11-15-7-3-6-10-18(15)22/h3-10,14H,11-13H2,1-2H3/t14-/m0/s1. The summed E-state index contributed by atoms with van der Waals surface area (Å²) in [5, 5.41) is 0.741. The first-order valence-electron chi connectivity index (χ1n) is 7.91. The molecule has 1 atom stereocenters. The number of halogens is 1. The van der Waals surface area contributed by atoms with E-state index in [1.165, 1.54) is 5.56 Å². The lowest BCUT2D eigenvalue weighted by atomic mass is 10.1. The van der Waals surface area contributed by atoms with Gasteiger partial charge in [0.2, 0.25) is 5.91 Å². The predicted octanol–water partition coefficient (Wildman–Crippen LogP) is 3.92. The molecule has 0 aliphatic carbocycles. The Hall–Kier alpha value is -1.84. The van der Waals surface area contributed by atoms with E-state index >= 15 is 0 Å². The number of fused-ring (bicyclic) bond motifs is 1. The van der Waals surface area contributed by atoms with Crippen molar-refractivity contribution in [1.29, 1.82) is 0 Å². The summed E-state index contributed by atoms with van der Waals surface area (Å²) in [5.41, 5.74) is 3.35. The summed E-state index contributed by atoms with van der Waals surface area (Å²) in [7, 11) is 1.97. The van der Waals surface area contributed by atoms with Gasteiger partial charge in [-0.2, -0.15) is 0 Å². The van der Waals surface area contributed by atoms with Crippen molar-refractivity contribution in [1.82, 2.24) is 4.90 Å². The molecule has 0 spiro atoms. The number of carbonyl (C=O) groups is 1. The van der Waals surface area contributed by atoms with Crippen LogP contribution < -0.4 is 4.90 Å². The maximum absolute atomic E-state index is 12.7. The van der Waals surface area contributed by atoms with Crippen molar-refractivity contribution in [2.24, 2.45) is 0 Å². The van der Waals surface area contributed by atoms with E-state index < -0.39 is 0 Å². The molecule has 3 nitrogen and oxygen atoms in total. The molecule has 1 heterocycles. The van der Waals surface area contributed by atoms with Crippen LogP contribution in [0.2, 0.25) is 5.02 Å². The van der Waals surface area contributed by atoms with Crippen LogP contribution in [0.1, 0.15) is 24.1 Å². The molecule has 120 valence electrons. The molecule has 0 N–H and O–H groups in total. The first-order chi connectivity index (χ1) is 11.1. The van der Waals surface area contributed by atoms with Crippen LogP contribution in [0.3, 0.4) is 0 Å². The molecule has 0 unspecified atom stereocenters. The Bertz CT molecular complexity index is 716. The van der Waals surface area contributed by atoms with Crippen LogP contribution in [0.4, 0.5) is 5.69 Å². The van der Waals surface area contributed by atoms with E-state index in [-0.39, 0.29) is 11.9 Å². The number of carbonyl (C=O) groups excluding carboxylic acids is 1. The van der Waals surface area contributed by atoms with Gasteiger partial charge < -0.3 is 4.90 Å². The topological polar surface area (TPSA) is 23.6 Å². The van der Waals surface area contributed by atoms with Gasteiger partial charge in [-0.05, 0) is 43.7 Å². The molecule has 0 fully saturated rings. The summed E-state index contributed by atoms with van der Waals surface area (Å²) in [6, 6.07) is 16.0. The molecule has 23 heavy (non-hydrogen) atoms. The zero-order chi connectivity index (χ0) is 16.4. The predicted molar refractivity (Wildman–Crippen MR) is 95.0 cm³/mol. The van der Waals surface area contributed by atoms with Gasteiger partial charge in [-0.25, -0.2) is 0 Å². The van der Waals surface area contributed by atoms with E-state index in [2.05, 4.69) is 13.0 Å². The summed E-state index contributed by atoms with van der Waals surface area (Å²) >= 11 is 6.27. The molecule has 1 aliphatic heterocycles. The molecule has 3 rings (SSSR count). The maximum atomic E-state index is 12.7. The van der Waals surface area contributed by atoms with Crippen molar-refractivity contribution in [2.75, 3.05) is 25.0 Å². The monoisotopic (exact) mass is 328 g/mol. The fourth-order valence-corrected chi connectivity index (χ4v) is 3.38. The van der Waals surface area contributed by atoms with E-state index in [0.29, 0.717) is 6.54 Å². The van der Waals surface area contributed by atoms with Gasteiger partial charge in [-0.1, -0.05) is 48.0 Å². The first kappa shape index (κ1) is 16.0. The van der Waals surface area contributed by atoms with E-state index in [0.717, 1.165) is 29.2 Å². The number of nitrogens with zero attached hydrogens (tertiary/aromatic N) is 2. The van der Waals surface area contributed by atoms with Gasteiger partial charge in [0.15, 0.2) is 0 Å². The SMILES string of the molecule is C[C@@H](c1ccccc1Cl)N(C)CC(=O)N1CCc2ccccc21. The Labute approximate surface area is 142 Å². The van der Waals surface area contributed by atoms with E-state index in [4.69, 9.17) is 11.6 Å². The van der Waals surface area contributed by atoms with Gasteiger partial charge in [0.25, 0.3) is 0 Å². The summed E-state index contributed by atoms with van der Waals surface area (Å²) < 4.78 is 0. The van der Waals surface area contributed by atoms with Gasteiger partial charge in [0.1, 0.15) is 0 Å². The number of hydrogen-bond donors (Lipinski definition) is 0. The van der Waals surface area contributed by atoms with Crippen molar-refractivity contribution >= 4 is 23.2 Å². The summed E-state index contributed by atoms with van der Waals surface area (Å²) in [5.74, 6) is 0.136. The molecular weight excluding hydrogens is 308 g/mol. The number of likely N-dealkylation sites (N-methyl/N-ethyl adjacent to an activating group) is 1. The van der Waals surface area contributed by atoms with Crippen LogP contribution in [0.25, 0.3) is 0 Å². The summed E-state index contributed by atoms with van der Waals surface area (Å²) in [6.07, 6.45) is 0.936. The maximum Gasteiger partial charge on any atom is 0.241 e. The Balaban J connectivity index is 1.70. The Morgan fingerprint density at radius 3 is 2.70 bits per heavy atom. The van der Waals surface area contributed by atoms with Gasteiger partial charge in [-0.3, -0.25) is 9.69 Å². The highest BCUT2D eigenvalue weighted by atomic mass is 35.5. The van der Waals surface area contributed by atoms with Crippen LogP contribution >= 0.6 is 11.6 Å². The van der Waals surface area contributed by atoms with Gasteiger partial charge >= 0.3 is 0 Å². The number of hydrogen-bond acceptors (Lipinski definition) is 2. The molecule has 0 saturated heterocycles. The van der Waals surface area contributed by atoms with Crippen LogP contribution in [0.15, 0.2) is 48.5 Å². The second-order valence-corrected chi connectivity index (χ2v) is 6.44.